The highest BCUT2D eigenvalue weighted by molar-refractivity contribution is 6.10. The highest BCUT2D eigenvalue weighted by Crippen LogP contribution is 2.48. The lowest BCUT2D eigenvalue weighted by molar-refractivity contribution is -0.153. The van der Waals surface area contributed by atoms with Gasteiger partial charge in [0.25, 0.3) is 0 Å². The van der Waals surface area contributed by atoms with Crippen LogP contribution < -0.4 is 0 Å². The lowest BCUT2D eigenvalue weighted by Crippen LogP contribution is -2.39. The van der Waals surface area contributed by atoms with Gasteiger partial charge >= 0.3 is 5.97 Å². The van der Waals surface area contributed by atoms with Gasteiger partial charge < -0.3 is 4.74 Å². The fourth-order valence-corrected chi connectivity index (χ4v) is 6.60. The average Bonchev–Trinajstić information content (AvgIpc) is 2.93. The van der Waals surface area contributed by atoms with Crippen molar-refractivity contribution in [3.8, 4) is 0 Å². The standard InChI is InChI=1S/C33H33NO3/c1-21-30(33(36)37-25-15-6-3-7-16-25)31(27-18-10-14-23-13-8-9-17-26(23)27)32-28(34-21)19-24(20-29(32)35)22-11-4-2-5-12-22/h2,4-5,8-14,17-18,24-25,30-31H,3,6-7,15-16,19-20H2,1H3/t24-,30?,31+/m0/s1. The molecule has 188 valence electrons. The molecular formula is C33H33NO3. The van der Waals surface area contributed by atoms with Crippen molar-refractivity contribution in [3.63, 3.8) is 0 Å². The molecule has 0 saturated heterocycles. The molecule has 1 unspecified atom stereocenters. The minimum atomic E-state index is -0.594. The quantitative estimate of drug-likeness (QED) is 0.360. The lowest BCUT2D eigenvalue weighted by Gasteiger charge is -2.37. The van der Waals surface area contributed by atoms with E-state index in [1.165, 1.54) is 6.42 Å². The number of ether oxygens (including phenoxy) is 1. The summed E-state index contributed by atoms with van der Waals surface area (Å²) in [5.74, 6) is -1.03. The van der Waals surface area contributed by atoms with Gasteiger partial charge in [-0.15, -0.1) is 0 Å². The second kappa shape index (κ2) is 10.1. The van der Waals surface area contributed by atoms with Crippen LogP contribution in [0.1, 0.15) is 74.8 Å². The number of Topliss-reactive ketones (excluding diaryl/α,β-unsaturated/α-hetero) is 1. The molecule has 3 atom stereocenters. The molecule has 2 aliphatic carbocycles. The molecule has 0 amide bonds. The van der Waals surface area contributed by atoms with E-state index in [0.29, 0.717) is 18.4 Å². The summed E-state index contributed by atoms with van der Waals surface area (Å²) in [5.41, 5.74) is 4.47. The zero-order chi connectivity index (χ0) is 25.4. The zero-order valence-corrected chi connectivity index (χ0v) is 21.4. The number of ketones is 1. The molecule has 3 aromatic carbocycles. The Morgan fingerprint density at radius 2 is 1.59 bits per heavy atom. The number of benzene rings is 3. The van der Waals surface area contributed by atoms with E-state index >= 15 is 0 Å². The van der Waals surface area contributed by atoms with Gasteiger partial charge in [-0.2, -0.15) is 0 Å². The number of nitrogens with zero attached hydrogens (tertiary/aromatic N) is 1. The maximum Gasteiger partial charge on any atom is 0.315 e. The van der Waals surface area contributed by atoms with Crippen LogP contribution in [0.25, 0.3) is 10.8 Å². The van der Waals surface area contributed by atoms with Crippen molar-refractivity contribution in [3.05, 3.63) is 95.2 Å². The lowest BCUT2D eigenvalue weighted by atomic mass is 9.68. The summed E-state index contributed by atoms with van der Waals surface area (Å²) in [5, 5.41) is 2.18. The van der Waals surface area contributed by atoms with Crippen molar-refractivity contribution in [2.45, 2.75) is 69.8 Å². The molecule has 1 saturated carbocycles. The molecule has 3 aromatic rings. The molecule has 0 spiro atoms. The van der Waals surface area contributed by atoms with Crippen LogP contribution in [0.5, 0.6) is 0 Å². The number of allylic oxidation sites excluding steroid dienone is 2. The highest BCUT2D eigenvalue weighted by Gasteiger charge is 2.45. The summed E-state index contributed by atoms with van der Waals surface area (Å²) >= 11 is 0. The maximum atomic E-state index is 13.9. The van der Waals surface area contributed by atoms with E-state index in [2.05, 4.69) is 36.4 Å². The maximum absolute atomic E-state index is 13.9. The molecule has 0 aromatic heterocycles. The topological polar surface area (TPSA) is 55.7 Å². The summed E-state index contributed by atoms with van der Waals surface area (Å²) in [6.07, 6.45) is 6.32. The fraction of sp³-hybridized carbons (Fsp3) is 0.364. The Labute approximate surface area is 218 Å². The van der Waals surface area contributed by atoms with E-state index in [1.807, 2.05) is 43.3 Å². The van der Waals surface area contributed by atoms with Crippen molar-refractivity contribution >= 4 is 28.2 Å². The van der Waals surface area contributed by atoms with Crippen molar-refractivity contribution in [2.24, 2.45) is 10.9 Å². The van der Waals surface area contributed by atoms with Crippen LogP contribution >= 0.6 is 0 Å². The van der Waals surface area contributed by atoms with Gasteiger partial charge in [0.15, 0.2) is 5.78 Å². The van der Waals surface area contributed by atoms with Crippen molar-refractivity contribution in [2.75, 3.05) is 0 Å². The number of fused-ring (bicyclic) bond motifs is 1. The Morgan fingerprint density at radius 3 is 2.41 bits per heavy atom. The van der Waals surface area contributed by atoms with Crippen LogP contribution in [0.2, 0.25) is 0 Å². The van der Waals surface area contributed by atoms with E-state index in [9.17, 15) is 9.59 Å². The fourth-order valence-electron chi connectivity index (χ4n) is 6.60. The molecule has 4 nitrogen and oxygen atoms in total. The highest BCUT2D eigenvalue weighted by atomic mass is 16.5. The predicted octanol–water partition coefficient (Wildman–Crippen LogP) is 7.29. The molecule has 6 rings (SSSR count). The summed E-state index contributed by atoms with van der Waals surface area (Å²) in [6, 6.07) is 24.6. The molecule has 3 aliphatic rings. The van der Waals surface area contributed by atoms with Crippen molar-refractivity contribution in [1.82, 2.24) is 0 Å². The minimum absolute atomic E-state index is 0.0397. The number of aliphatic imine (C=N–C) groups is 1. The van der Waals surface area contributed by atoms with Crippen LogP contribution in [0.15, 0.2) is 89.1 Å². The van der Waals surface area contributed by atoms with Crippen LogP contribution in [0.4, 0.5) is 0 Å². The largest absolute Gasteiger partial charge is 0.462 e. The minimum Gasteiger partial charge on any atom is -0.462 e. The molecule has 0 radical (unpaired) electrons. The van der Waals surface area contributed by atoms with Crippen LogP contribution in [-0.4, -0.2) is 23.6 Å². The number of hydrogen-bond donors (Lipinski definition) is 0. The van der Waals surface area contributed by atoms with E-state index in [-0.39, 0.29) is 29.7 Å². The van der Waals surface area contributed by atoms with Gasteiger partial charge in [-0.25, -0.2) is 0 Å². The Balaban J connectivity index is 1.45. The van der Waals surface area contributed by atoms with Gasteiger partial charge in [-0.3, -0.25) is 14.6 Å². The third-order valence-corrected chi connectivity index (χ3v) is 8.41. The number of hydrogen-bond acceptors (Lipinski definition) is 4. The summed E-state index contributed by atoms with van der Waals surface area (Å²) < 4.78 is 6.12. The van der Waals surface area contributed by atoms with Crippen molar-refractivity contribution < 1.29 is 14.3 Å². The van der Waals surface area contributed by atoms with Crippen LogP contribution in [-0.2, 0) is 14.3 Å². The van der Waals surface area contributed by atoms with Crippen LogP contribution in [0, 0.1) is 5.92 Å². The molecule has 0 N–H and O–H groups in total. The van der Waals surface area contributed by atoms with E-state index in [0.717, 1.165) is 59.0 Å². The molecule has 4 heteroatoms. The summed E-state index contributed by atoms with van der Waals surface area (Å²) in [4.78, 5) is 32.7. The Bertz CT molecular complexity index is 1390. The molecule has 0 bridgehead atoms. The SMILES string of the molecule is CC1=NC2=C(C(=O)C[C@@H](c3ccccc3)C2)[C@H](c2cccc3ccccc23)C1C(=O)OC1CCCCC1. The van der Waals surface area contributed by atoms with E-state index in [4.69, 9.17) is 9.73 Å². The zero-order valence-electron chi connectivity index (χ0n) is 21.4. The van der Waals surface area contributed by atoms with E-state index < -0.39 is 5.92 Å². The normalized spacial score (nSPS) is 24.5. The molecule has 1 heterocycles. The second-order valence-corrected chi connectivity index (χ2v) is 10.8. The summed E-state index contributed by atoms with van der Waals surface area (Å²) in [7, 11) is 0. The monoisotopic (exact) mass is 491 g/mol. The number of rotatable bonds is 4. The van der Waals surface area contributed by atoms with Gasteiger partial charge in [0.2, 0.25) is 0 Å². The van der Waals surface area contributed by atoms with Crippen LogP contribution in [0.3, 0.4) is 0 Å². The molecule has 1 aliphatic heterocycles. The first-order chi connectivity index (χ1) is 18.1. The van der Waals surface area contributed by atoms with Crippen molar-refractivity contribution in [1.29, 1.82) is 0 Å². The molecule has 37 heavy (non-hydrogen) atoms. The molecular weight excluding hydrogens is 458 g/mol. The third kappa shape index (κ3) is 4.54. The smallest absolute Gasteiger partial charge is 0.315 e. The summed E-state index contributed by atoms with van der Waals surface area (Å²) in [6.45, 7) is 1.94. The van der Waals surface area contributed by atoms with Gasteiger partial charge in [0.05, 0.1) is 0 Å². The Kier molecular flexibility index (Phi) is 6.50. The Hall–Kier alpha value is -3.53. The number of esters is 1. The second-order valence-electron chi connectivity index (χ2n) is 10.8. The van der Waals surface area contributed by atoms with E-state index in [1.54, 1.807) is 0 Å². The third-order valence-electron chi connectivity index (χ3n) is 8.41. The first-order valence-corrected chi connectivity index (χ1v) is 13.6. The van der Waals surface area contributed by atoms with Gasteiger partial charge in [-0.05, 0) is 66.8 Å². The molecule has 1 fully saturated rings. The van der Waals surface area contributed by atoms with Gasteiger partial charge in [0, 0.05) is 29.3 Å². The van der Waals surface area contributed by atoms with Gasteiger partial charge in [0.1, 0.15) is 12.0 Å². The van der Waals surface area contributed by atoms with Gasteiger partial charge in [-0.1, -0.05) is 79.2 Å². The number of carbonyl (C=O) groups excluding carboxylic acids is 2. The average molecular weight is 492 g/mol. The Morgan fingerprint density at radius 1 is 0.865 bits per heavy atom. The predicted molar refractivity (Wildman–Crippen MR) is 147 cm³/mol. The first-order valence-electron chi connectivity index (χ1n) is 13.6. The first kappa shape index (κ1) is 23.8. The number of carbonyl (C=O) groups is 2.